The van der Waals surface area contributed by atoms with E-state index in [2.05, 4.69) is 20.5 Å². The van der Waals surface area contributed by atoms with Crippen LogP contribution in [0.2, 0.25) is 0 Å². The van der Waals surface area contributed by atoms with Crippen LogP contribution in [0.1, 0.15) is 10.6 Å². The molecule has 2 heterocycles. The van der Waals surface area contributed by atoms with Crippen molar-refractivity contribution < 1.29 is 4.42 Å². The van der Waals surface area contributed by atoms with Crippen LogP contribution >= 0.6 is 11.3 Å². The Labute approximate surface area is 97.0 Å². The van der Waals surface area contributed by atoms with E-state index in [1.807, 2.05) is 13.1 Å². The highest BCUT2D eigenvalue weighted by molar-refractivity contribution is 7.15. The number of nitrogens with two attached hydrogens (primary N) is 1. The quantitative estimate of drug-likeness (QED) is 0.599. The van der Waals surface area contributed by atoms with E-state index < -0.39 is 0 Å². The van der Waals surface area contributed by atoms with Crippen LogP contribution in [-0.2, 0) is 13.1 Å². The molecule has 0 amide bonds. The maximum Gasteiger partial charge on any atom is 0.219 e. The van der Waals surface area contributed by atoms with Gasteiger partial charge in [-0.15, -0.1) is 10.2 Å². The molecule has 2 rings (SSSR count). The number of nitrogens with one attached hydrogen (secondary N) is 1. The second-order valence-corrected chi connectivity index (χ2v) is 4.51. The maximum atomic E-state index is 5.24. The number of aromatic nitrogens is 2. The first-order valence-electron chi connectivity index (χ1n) is 4.76. The lowest BCUT2D eigenvalue weighted by atomic mass is 10.3. The van der Waals surface area contributed by atoms with Crippen LogP contribution in [0.25, 0.3) is 0 Å². The molecule has 0 bridgehead atoms. The zero-order chi connectivity index (χ0) is 11.4. The summed E-state index contributed by atoms with van der Waals surface area (Å²) in [4.78, 5) is 2.13. The third-order valence-corrected chi connectivity index (χ3v) is 2.87. The van der Waals surface area contributed by atoms with Gasteiger partial charge in [0.15, 0.2) is 0 Å². The summed E-state index contributed by atoms with van der Waals surface area (Å²) in [7, 11) is 2.02. The van der Waals surface area contributed by atoms with Gasteiger partial charge in [0.05, 0.1) is 19.1 Å². The molecule has 0 radical (unpaired) electrons. The molecular formula is C9H13N5OS. The minimum atomic E-state index is 0.631. The van der Waals surface area contributed by atoms with Crippen LogP contribution in [0.15, 0.2) is 23.0 Å². The predicted molar refractivity (Wildman–Crippen MR) is 61.6 cm³/mol. The number of hydrogen-bond donors (Lipinski definition) is 2. The summed E-state index contributed by atoms with van der Waals surface area (Å²) < 4.78 is 5.01. The van der Waals surface area contributed by atoms with Crippen molar-refractivity contribution in [3.8, 4) is 0 Å². The number of furan rings is 1. The van der Waals surface area contributed by atoms with Crippen LogP contribution < -0.4 is 11.3 Å². The van der Waals surface area contributed by atoms with Gasteiger partial charge in [-0.2, -0.15) is 0 Å². The number of hydrazine groups is 1. The fraction of sp³-hybridized carbons (Fsp3) is 0.333. The van der Waals surface area contributed by atoms with Gasteiger partial charge in [-0.3, -0.25) is 10.3 Å². The molecule has 0 saturated heterocycles. The van der Waals surface area contributed by atoms with Crippen LogP contribution in [-0.4, -0.2) is 22.1 Å². The number of nitrogen functional groups attached to an aromatic ring is 1. The van der Waals surface area contributed by atoms with Crippen molar-refractivity contribution in [2.45, 2.75) is 13.1 Å². The van der Waals surface area contributed by atoms with E-state index in [1.165, 1.54) is 11.3 Å². The lowest BCUT2D eigenvalue weighted by Gasteiger charge is -2.12. The van der Waals surface area contributed by atoms with Crippen molar-refractivity contribution in [2.75, 3.05) is 12.5 Å². The van der Waals surface area contributed by atoms with Crippen LogP contribution in [0.5, 0.6) is 0 Å². The standard InChI is InChI=1S/C9H13N5OS/c1-14(4-7-2-3-15-6-7)5-8-12-13-9(11-10)16-8/h2-3,6H,4-5,10H2,1H3,(H,11,13). The van der Waals surface area contributed by atoms with Gasteiger partial charge in [0, 0.05) is 12.1 Å². The number of rotatable bonds is 5. The van der Waals surface area contributed by atoms with Gasteiger partial charge in [0.2, 0.25) is 5.13 Å². The van der Waals surface area contributed by atoms with E-state index in [0.29, 0.717) is 5.13 Å². The monoisotopic (exact) mass is 239 g/mol. The smallest absolute Gasteiger partial charge is 0.219 e. The lowest BCUT2D eigenvalue weighted by molar-refractivity contribution is 0.316. The first-order chi connectivity index (χ1) is 7.78. The summed E-state index contributed by atoms with van der Waals surface area (Å²) in [6, 6.07) is 1.95. The maximum absolute atomic E-state index is 5.24. The Balaban J connectivity index is 1.89. The van der Waals surface area contributed by atoms with E-state index in [1.54, 1.807) is 12.5 Å². The topological polar surface area (TPSA) is 80.2 Å². The van der Waals surface area contributed by atoms with Gasteiger partial charge < -0.3 is 4.42 Å². The molecule has 0 unspecified atom stereocenters. The molecule has 0 fully saturated rings. The predicted octanol–water partition coefficient (Wildman–Crippen LogP) is 1.05. The Morgan fingerprint density at radius 2 is 2.38 bits per heavy atom. The Morgan fingerprint density at radius 3 is 3.00 bits per heavy atom. The highest BCUT2D eigenvalue weighted by Crippen LogP contribution is 2.16. The summed E-state index contributed by atoms with van der Waals surface area (Å²) in [6.07, 6.45) is 3.41. The summed E-state index contributed by atoms with van der Waals surface area (Å²) in [5.41, 5.74) is 3.62. The van der Waals surface area contributed by atoms with E-state index in [0.717, 1.165) is 23.7 Å². The summed E-state index contributed by atoms with van der Waals surface area (Å²) >= 11 is 1.45. The Bertz CT molecular complexity index is 427. The molecule has 6 nitrogen and oxygen atoms in total. The van der Waals surface area contributed by atoms with E-state index in [9.17, 15) is 0 Å². The van der Waals surface area contributed by atoms with Crippen LogP contribution in [0.3, 0.4) is 0 Å². The highest BCUT2D eigenvalue weighted by Gasteiger charge is 2.07. The molecule has 0 aliphatic rings. The number of hydrogen-bond acceptors (Lipinski definition) is 7. The molecule has 0 aliphatic heterocycles. The fourth-order valence-electron chi connectivity index (χ4n) is 1.36. The largest absolute Gasteiger partial charge is 0.472 e. The molecule has 86 valence electrons. The molecule has 7 heteroatoms. The molecule has 0 saturated carbocycles. The Morgan fingerprint density at radius 1 is 1.50 bits per heavy atom. The average Bonchev–Trinajstić information content (AvgIpc) is 2.89. The second-order valence-electron chi connectivity index (χ2n) is 3.45. The normalized spacial score (nSPS) is 10.9. The molecule has 0 aromatic carbocycles. The van der Waals surface area contributed by atoms with Gasteiger partial charge >= 0.3 is 0 Å². The third-order valence-electron chi connectivity index (χ3n) is 2.03. The van der Waals surface area contributed by atoms with Crippen molar-refractivity contribution in [3.63, 3.8) is 0 Å². The Hall–Kier alpha value is -1.44. The zero-order valence-electron chi connectivity index (χ0n) is 8.88. The van der Waals surface area contributed by atoms with Gasteiger partial charge in [-0.05, 0) is 13.1 Å². The van der Waals surface area contributed by atoms with Gasteiger partial charge in [0.1, 0.15) is 5.01 Å². The van der Waals surface area contributed by atoms with Crippen molar-refractivity contribution in [2.24, 2.45) is 5.84 Å². The summed E-state index contributed by atoms with van der Waals surface area (Å²) in [5.74, 6) is 5.24. The SMILES string of the molecule is CN(Cc1ccoc1)Cc1nnc(NN)s1. The van der Waals surface area contributed by atoms with Gasteiger partial charge in [-0.1, -0.05) is 11.3 Å². The minimum absolute atomic E-state index is 0.631. The molecule has 0 atom stereocenters. The first kappa shape index (κ1) is 11.1. The fourth-order valence-corrected chi connectivity index (χ4v) is 2.09. The van der Waals surface area contributed by atoms with E-state index in [-0.39, 0.29) is 0 Å². The third kappa shape index (κ3) is 2.78. The minimum Gasteiger partial charge on any atom is -0.472 e. The molecule has 2 aromatic rings. The average molecular weight is 239 g/mol. The summed E-state index contributed by atoms with van der Waals surface area (Å²) in [5, 5.41) is 9.45. The zero-order valence-corrected chi connectivity index (χ0v) is 9.70. The van der Waals surface area contributed by atoms with Crippen molar-refractivity contribution in [3.05, 3.63) is 29.2 Å². The molecule has 16 heavy (non-hydrogen) atoms. The van der Waals surface area contributed by atoms with Crippen LogP contribution in [0, 0.1) is 0 Å². The van der Waals surface area contributed by atoms with E-state index in [4.69, 9.17) is 10.3 Å². The van der Waals surface area contributed by atoms with E-state index >= 15 is 0 Å². The van der Waals surface area contributed by atoms with Crippen molar-refractivity contribution in [1.82, 2.24) is 15.1 Å². The Kier molecular flexibility index (Phi) is 3.50. The molecule has 0 aliphatic carbocycles. The van der Waals surface area contributed by atoms with Crippen LogP contribution in [0.4, 0.5) is 5.13 Å². The number of anilines is 1. The molecule has 0 spiro atoms. The first-order valence-corrected chi connectivity index (χ1v) is 5.58. The second kappa shape index (κ2) is 5.06. The lowest BCUT2D eigenvalue weighted by Crippen LogP contribution is -2.16. The number of nitrogens with zero attached hydrogens (tertiary/aromatic N) is 3. The van der Waals surface area contributed by atoms with Crippen molar-refractivity contribution in [1.29, 1.82) is 0 Å². The highest BCUT2D eigenvalue weighted by atomic mass is 32.1. The van der Waals surface area contributed by atoms with Gasteiger partial charge in [0.25, 0.3) is 0 Å². The summed E-state index contributed by atoms with van der Waals surface area (Å²) in [6.45, 7) is 1.56. The van der Waals surface area contributed by atoms with Crippen molar-refractivity contribution >= 4 is 16.5 Å². The molecule has 3 N–H and O–H groups in total. The van der Waals surface area contributed by atoms with Gasteiger partial charge in [-0.25, -0.2) is 5.84 Å². The molecule has 2 aromatic heterocycles. The molecular weight excluding hydrogens is 226 g/mol.